The molecule has 0 bridgehead atoms. The molecule has 7 nitrogen and oxygen atoms in total. The largest absolute Gasteiger partial charge is 0.481 e. The van der Waals surface area contributed by atoms with Crippen molar-refractivity contribution in [1.82, 2.24) is 15.0 Å². The van der Waals surface area contributed by atoms with E-state index in [1.54, 1.807) is 4.90 Å². The van der Waals surface area contributed by atoms with Gasteiger partial charge in [-0.25, -0.2) is 4.98 Å². The Balaban J connectivity index is 1.68. The van der Waals surface area contributed by atoms with E-state index >= 15 is 0 Å². The molecule has 2 aromatic rings. The number of nitrogens with zero attached hydrogens (tertiary/aromatic N) is 3. The minimum atomic E-state index is -0.774. The first kappa shape index (κ1) is 17.0. The summed E-state index contributed by atoms with van der Waals surface area (Å²) in [6.07, 6.45) is 4.81. The lowest BCUT2D eigenvalue weighted by Crippen LogP contribution is -2.40. The zero-order chi connectivity index (χ0) is 18.3. The van der Waals surface area contributed by atoms with E-state index in [2.05, 4.69) is 17.1 Å². The average Bonchev–Trinajstić information content (AvgIpc) is 3.43. The molecule has 26 heavy (non-hydrogen) atoms. The standard InChI is InChI=1S/C19H23N3O4/c1-2-3-14-16-13(10-15(11-4-5-11)20-17(16)26-21-14)18(23)22-8-6-12(7-9-22)19(24)25/h10-12H,2-9H2,1H3,(H,24,25). The number of piperidine rings is 1. The molecule has 0 spiro atoms. The minimum absolute atomic E-state index is 0.0660. The first-order valence-electron chi connectivity index (χ1n) is 9.39. The number of carboxylic acids is 1. The second-order valence-electron chi connectivity index (χ2n) is 7.33. The van der Waals surface area contributed by atoms with Gasteiger partial charge in [-0.1, -0.05) is 18.5 Å². The minimum Gasteiger partial charge on any atom is -0.481 e. The van der Waals surface area contributed by atoms with E-state index in [1.807, 2.05) is 6.07 Å². The third kappa shape index (κ3) is 3.06. The topological polar surface area (TPSA) is 96.5 Å². The van der Waals surface area contributed by atoms with Crippen LogP contribution in [0.4, 0.5) is 0 Å². The molecule has 1 saturated heterocycles. The molecule has 1 saturated carbocycles. The highest BCUT2D eigenvalue weighted by molar-refractivity contribution is 6.06. The van der Waals surface area contributed by atoms with Crippen molar-refractivity contribution in [3.8, 4) is 0 Å². The molecule has 0 atom stereocenters. The van der Waals surface area contributed by atoms with E-state index < -0.39 is 5.97 Å². The van der Waals surface area contributed by atoms with Gasteiger partial charge in [-0.05, 0) is 38.2 Å². The first-order valence-corrected chi connectivity index (χ1v) is 9.39. The second-order valence-corrected chi connectivity index (χ2v) is 7.33. The van der Waals surface area contributed by atoms with E-state index in [0.717, 1.165) is 42.5 Å². The van der Waals surface area contributed by atoms with Crippen molar-refractivity contribution in [3.05, 3.63) is 23.0 Å². The van der Waals surface area contributed by atoms with Crippen LogP contribution in [0.25, 0.3) is 11.1 Å². The van der Waals surface area contributed by atoms with Gasteiger partial charge in [-0.3, -0.25) is 9.59 Å². The third-order valence-electron chi connectivity index (χ3n) is 5.38. The molecule has 7 heteroatoms. The van der Waals surface area contributed by atoms with E-state index in [1.165, 1.54) is 0 Å². The van der Waals surface area contributed by atoms with Gasteiger partial charge in [0.2, 0.25) is 0 Å². The van der Waals surface area contributed by atoms with Gasteiger partial charge in [0, 0.05) is 24.7 Å². The van der Waals surface area contributed by atoms with Crippen LogP contribution in [0.3, 0.4) is 0 Å². The Morgan fingerprint density at radius 3 is 2.62 bits per heavy atom. The van der Waals surface area contributed by atoms with Gasteiger partial charge in [0.25, 0.3) is 11.6 Å². The summed E-state index contributed by atoms with van der Waals surface area (Å²) in [6, 6.07) is 1.90. The fraction of sp³-hybridized carbons (Fsp3) is 0.579. The number of likely N-dealkylation sites (tertiary alicyclic amines) is 1. The van der Waals surface area contributed by atoms with Crippen LogP contribution >= 0.6 is 0 Å². The highest BCUT2D eigenvalue weighted by Crippen LogP contribution is 2.41. The summed E-state index contributed by atoms with van der Waals surface area (Å²) in [5.74, 6) is -0.791. The fourth-order valence-electron chi connectivity index (χ4n) is 3.69. The van der Waals surface area contributed by atoms with Gasteiger partial charge in [0.1, 0.15) is 0 Å². The van der Waals surface area contributed by atoms with E-state index in [0.29, 0.717) is 43.1 Å². The Kier molecular flexibility index (Phi) is 4.38. The quantitative estimate of drug-likeness (QED) is 0.883. The number of carbonyl (C=O) groups is 2. The van der Waals surface area contributed by atoms with Crippen LogP contribution in [-0.4, -0.2) is 45.1 Å². The van der Waals surface area contributed by atoms with Gasteiger partial charge in [0.15, 0.2) is 0 Å². The predicted molar refractivity (Wildman–Crippen MR) is 94.0 cm³/mol. The smallest absolute Gasteiger partial charge is 0.306 e. The maximum atomic E-state index is 13.2. The summed E-state index contributed by atoms with van der Waals surface area (Å²) in [5.41, 5.74) is 2.73. The lowest BCUT2D eigenvalue weighted by Gasteiger charge is -2.30. The van der Waals surface area contributed by atoms with Crippen LogP contribution in [-0.2, 0) is 11.2 Å². The van der Waals surface area contributed by atoms with Gasteiger partial charge in [0.05, 0.1) is 22.6 Å². The Morgan fingerprint density at radius 2 is 2.00 bits per heavy atom. The van der Waals surface area contributed by atoms with Crippen molar-refractivity contribution in [1.29, 1.82) is 0 Å². The summed E-state index contributed by atoms with van der Waals surface area (Å²) < 4.78 is 5.44. The van der Waals surface area contributed by atoms with Crippen LogP contribution in [0.2, 0.25) is 0 Å². The number of fused-ring (bicyclic) bond motifs is 1. The Morgan fingerprint density at radius 1 is 1.27 bits per heavy atom. The molecule has 2 fully saturated rings. The van der Waals surface area contributed by atoms with Crippen molar-refractivity contribution >= 4 is 23.0 Å². The number of amides is 1. The number of aryl methyl sites for hydroxylation is 1. The molecule has 1 aliphatic carbocycles. The summed E-state index contributed by atoms with van der Waals surface area (Å²) in [5, 5.41) is 14.0. The van der Waals surface area contributed by atoms with Gasteiger partial charge in [-0.2, -0.15) is 0 Å². The van der Waals surface area contributed by atoms with Gasteiger partial charge < -0.3 is 14.5 Å². The zero-order valence-electron chi connectivity index (χ0n) is 14.9. The summed E-state index contributed by atoms with van der Waals surface area (Å²) in [7, 11) is 0. The molecule has 138 valence electrons. The number of aromatic nitrogens is 2. The van der Waals surface area contributed by atoms with E-state index in [9.17, 15) is 9.59 Å². The van der Waals surface area contributed by atoms with Crippen LogP contribution < -0.4 is 0 Å². The second kappa shape index (κ2) is 6.70. The van der Waals surface area contributed by atoms with Crippen molar-refractivity contribution in [2.75, 3.05) is 13.1 Å². The number of rotatable bonds is 5. The van der Waals surface area contributed by atoms with Crippen molar-refractivity contribution in [2.45, 2.75) is 51.4 Å². The SMILES string of the molecule is CCCc1noc2nc(C3CC3)cc(C(=O)N3CCC(C(=O)O)CC3)c12. The van der Waals surface area contributed by atoms with Crippen molar-refractivity contribution < 1.29 is 19.2 Å². The van der Waals surface area contributed by atoms with Crippen LogP contribution in [0.15, 0.2) is 10.6 Å². The van der Waals surface area contributed by atoms with Crippen LogP contribution in [0.5, 0.6) is 0 Å². The van der Waals surface area contributed by atoms with Gasteiger partial charge in [-0.15, -0.1) is 0 Å². The number of pyridine rings is 1. The Labute approximate surface area is 151 Å². The van der Waals surface area contributed by atoms with Gasteiger partial charge >= 0.3 is 5.97 Å². The molecule has 0 radical (unpaired) electrons. The van der Waals surface area contributed by atoms with Crippen molar-refractivity contribution in [3.63, 3.8) is 0 Å². The molecule has 2 aliphatic rings. The predicted octanol–water partition coefficient (Wildman–Crippen LogP) is 2.99. The van der Waals surface area contributed by atoms with Crippen LogP contribution in [0, 0.1) is 5.92 Å². The first-order chi connectivity index (χ1) is 12.6. The number of carbonyl (C=O) groups excluding carboxylic acids is 1. The Bertz CT molecular complexity index is 848. The lowest BCUT2D eigenvalue weighted by molar-refractivity contribution is -0.143. The normalized spacial score (nSPS) is 18.4. The molecule has 1 N–H and O–H groups in total. The van der Waals surface area contributed by atoms with Crippen LogP contribution in [0.1, 0.15) is 66.7 Å². The molecular weight excluding hydrogens is 334 g/mol. The number of carboxylic acid groups (broad SMARTS) is 1. The zero-order valence-corrected chi connectivity index (χ0v) is 14.9. The molecule has 0 unspecified atom stereocenters. The van der Waals surface area contributed by atoms with E-state index in [-0.39, 0.29) is 11.8 Å². The number of aliphatic carboxylic acids is 1. The maximum absolute atomic E-state index is 13.2. The molecule has 0 aromatic carbocycles. The molecule has 1 aliphatic heterocycles. The average molecular weight is 357 g/mol. The fourth-order valence-corrected chi connectivity index (χ4v) is 3.69. The lowest BCUT2D eigenvalue weighted by atomic mass is 9.96. The Hall–Kier alpha value is -2.44. The maximum Gasteiger partial charge on any atom is 0.306 e. The summed E-state index contributed by atoms with van der Waals surface area (Å²) in [6.45, 7) is 2.99. The molecule has 1 amide bonds. The molecule has 4 rings (SSSR count). The highest BCUT2D eigenvalue weighted by Gasteiger charge is 2.32. The molecule has 2 aromatic heterocycles. The highest BCUT2D eigenvalue weighted by atomic mass is 16.5. The summed E-state index contributed by atoms with van der Waals surface area (Å²) in [4.78, 5) is 30.7. The van der Waals surface area contributed by atoms with E-state index in [4.69, 9.17) is 9.63 Å². The number of hydrogen-bond donors (Lipinski definition) is 1. The summed E-state index contributed by atoms with van der Waals surface area (Å²) >= 11 is 0. The molecular formula is C19H23N3O4. The molecule has 3 heterocycles. The third-order valence-corrected chi connectivity index (χ3v) is 5.38. The monoisotopic (exact) mass is 357 g/mol. The van der Waals surface area contributed by atoms with Crippen molar-refractivity contribution in [2.24, 2.45) is 5.92 Å². The number of hydrogen-bond acceptors (Lipinski definition) is 5.